The van der Waals surface area contributed by atoms with Gasteiger partial charge in [0.15, 0.2) is 5.11 Å². The summed E-state index contributed by atoms with van der Waals surface area (Å²) in [6, 6.07) is 11.0. The molecule has 25 heavy (non-hydrogen) atoms. The number of ether oxygens (including phenoxy) is 1. The van der Waals surface area contributed by atoms with E-state index in [1.807, 2.05) is 0 Å². The minimum absolute atomic E-state index is 0.0413. The molecule has 1 fully saturated rings. The molecule has 9 heteroatoms. The first-order chi connectivity index (χ1) is 11.9. The molecule has 2 aromatic carbocycles. The lowest BCUT2D eigenvalue weighted by Crippen LogP contribution is -2.21. The summed E-state index contributed by atoms with van der Waals surface area (Å²) in [4.78, 5) is 22.4. The molecule has 3 rings (SSSR count). The Bertz CT molecular complexity index is 929. The lowest BCUT2D eigenvalue weighted by Gasteiger charge is -2.08. The van der Waals surface area contributed by atoms with Gasteiger partial charge in [0.25, 0.3) is 5.91 Å². The Morgan fingerprint density at radius 1 is 1.16 bits per heavy atom. The Kier molecular flexibility index (Phi) is 4.64. The fraction of sp³-hybridized carbons (Fsp3) is 0. The lowest BCUT2D eigenvalue weighted by molar-refractivity contribution is -0.385. The maximum Gasteiger partial charge on any atom is 0.312 e. The number of nitrogens with zero attached hydrogens (tertiary/aromatic N) is 1. The van der Waals surface area contributed by atoms with Crippen molar-refractivity contribution in [2.45, 2.75) is 0 Å². The summed E-state index contributed by atoms with van der Waals surface area (Å²) in [6.07, 6.45) is 1.46. The minimum atomic E-state index is -0.568. The Morgan fingerprint density at radius 3 is 2.56 bits per heavy atom. The maximum absolute atomic E-state index is 11.7. The highest BCUT2D eigenvalue weighted by atomic mass is 35.5. The zero-order valence-corrected chi connectivity index (χ0v) is 14.1. The number of carbonyl (C=O) groups is 1. The number of rotatable bonds is 4. The predicted octanol–water partition coefficient (Wildman–Crippen LogP) is 3.39. The quantitative estimate of drug-likeness (QED) is 0.368. The van der Waals surface area contributed by atoms with Gasteiger partial charge in [-0.15, -0.1) is 0 Å². The Labute approximate surface area is 152 Å². The van der Waals surface area contributed by atoms with Crippen LogP contribution in [0.5, 0.6) is 11.5 Å². The summed E-state index contributed by atoms with van der Waals surface area (Å²) in [7, 11) is 0. The molecule has 0 atom stereocenters. The minimum Gasteiger partial charge on any atom is -0.449 e. The van der Waals surface area contributed by atoms with Gasteiger partial charge in [0.2, 0.25) is 5.75 Å². The van der Waals surface area contributed by atoms with Crippen LogP contribution < -0.4 is 15.4 Å². The van der Waals surface area contributed by atoms with Crippen LogP contribution in [0.2, 0.25) is 5.02 Å². The molecule has 1 aliphatic rings. The van der Waals surface area contributed by atoms with Gasteiger partial charge in [-0.3, -0.25) is 20.2 Å². The van der Waals surface area contributed by atoms with Gasteiger partial charge in [-0.25, -0.2) is 0 Å². The zero-order chi connectivity index (χ0) is 18.0. The number of para-hydroxylation sites is 1. The summed E-state index contributed by atoms with van der Waals surface area (Å²) < 4.78 is 5.55. The molecule has 1 amide bonds. The monoisotopic (exact) mass is 375 g/mol. The van der Waals surface area contributed by atoms with E-state index < -0.39 is 10.8 Å². The van der Waals surface area contributed by atoms with Crippen molar-refractivity contribution >= 4 is 46.6 Å². The summed E-state index contributed by atoms with van der Waals surface area (Å²) in [5, 5.41) is 17.0. The number of benzene rings is 2. The number of nitrogens with one attached hydrogen (secondary N) is 2. The fourth-order valence-electron chi connectivity index (χ4n) is 2.15. The van der Waals surface area contributed by atoms with Crippen molar-refractivity contribution in [3.05, 3.63) is 68.9 Å². The molecule has 1 aliphatic heterocycles. The number of hydrogen-bond donors (Lipinski definition) is 2. The third kappa shape index (κ3) is 3.76. The van der Waals surface area contributed by atoms with E-state index in [9.17, 15) is 14.9 Å². The second kappa shape index (κ2) is 6.88. The van der Waals surface area contributed by atoms with Gasteiger partial charge in [-0.05, 0) is 42.1 Å². The molecule has 2 aromatic rings. The highest BCUT2D eigenvalue weighted by Crippen LogP contribution is 2.35. The third-order valence-electron chi connectivity index (χ3n) is 3.27. The van der Waals surface area contributed by atoms with Crippen LogP contribution in [0, 0.1) is 10.1 Å². The Morgan fingerprint density at radius 2 is 1.92 bits per heavy atom. The van der Waals surface area contributed by atoms with E-state index in [2.05, 4.69) is 10.6 Å². The number of halogens is 1. The van der Waals surface area contributed by atoms with Crippen molar-refractivity contribution in [3.8, 4) is 11.5 Å². The van der Waals surface area contributed by atoms with Crippen molar-refractivity contribution in [1.29, 1.82) is 0 Å². The molecule has 0 radical (unpaired) electrons. The molecule has 1 saturated heterocycles. The summed E-state index contributed by atoms with van der Waals surface area (Å²) in [6.45, 7) is 0. The molecule has 1 heterocycles. The number of nitro groups is 1. The van der Waals surface area contributed by atoms with Crippen LogP contribution in [0.4, 0.5) is 5.69 Å². The Hall–Kier alpha value is -2.97. The molecule has 0 aromatic heterocycles. The molecule has 0 unspecified atom stereocenters. The van der Waals surface area contributed by atoms with Gasteiger partial charge < -0.3 is 10.1 Å². The lowest BCUT2D eigenvalue weighted by atomic mass is 10.1. The third-order valence-corrected chi connectivity index (χ3v) is 3.78. The second-order valence-electron chi connectivity index (χ2n) is 4.98. The smallest absolute Gasteiger partial charge is 0.312 e. The van der Waals surface area contributed by atoms with Crippen LogP contribution in [0.3, 0.4) is 0 Å². The molecule has 0 spiro atoms. The van der Waals surface area contributed by atoms with Crippen molar-refractivity contribution in [2.75, 3.05) is 0 Å². The first-order valence-corrected chi connectivity index (χ1v) is 7.77. The van der Waals surface area contributed by atoms with E-state index in [4.69, 9.17) is 28.6 Å². The van der Waals surface area contributed by atoms with Gasteiger partial charge >= 0.3 is 5.69 Å². The summed E-state index contributed by atoms with van der Waals surface area (Å²) in [5.74, 6) is -0.0517. The molecular weight excluding hydrogens is 366 g/mol. The van der Waals surface area contributed by atoms with Gasteiger partial charge in [0.05, 0.1) is 9.95 Å². The standard InChI is InChI=1S/C16H10ClN3O4S/c17-10-3-1-2-4-13(10)24-14-6-5-9(8-12(14)20(22)23)7-11-15(21)19-16(25)18-11/h1-8H,(H2,18,19,21,25)/b11-7-. The SMILES string of the molecule is O=C1NC(=S)N/C1=C\c1ccc(Oc2ccccc2Cl)c([N+](=O)[O-])c1. The van der Waals surface area contributed by atoms with Gasteiger partial charge in [0.1, 0.15) is 11.4 Å². The van der Waals surface area contributed by atoms with Crippen molar-refractivity contribution in [1.82, 2.24) is 10.6 Å². The van der Waals surface area contributed by atoms with E-state index >= 15 is 0 Å². The normalized spacial score (nSPS) is 15.0. The number of carbonyl (C=O) groups excluding carboxylic acids is 1. The summed E-state index contributed by atoms with van der Waals surface area (Å²) in [5.41, 5.74) is 0.398. The van der Waals surface area contributed by atoms with Crippen LogP contribution >= 0.6 is 23.8 Å². The molecule has 0 bridgehead atoms. The van der Waals surface area contributed by atoms with E-state index in [-0.39, 0.29) is 22.2 Å². The van der Waals surface area contributed by atoms with Crippen LogP contribution in [0.15, 0.2) is 48.2 Å². The number of nitro benzene ring substituents is 1. The molecule has 126 valence electrons. The largest absolute Gasteiger partial charge is 0.449 e. The topological polar surface area (TPSA) is 93.5 Å². The van der Waals surface area contributed by atoms with E-state index in [1.54, 1.807) is 30.3 Å². The molecule has 0 aliphatic carbocycles. The van der Waals surface area contributed by atoms with E-state index in [0.29, 0.717) is 16.3 Å². The average Bonchev–Trinajstić information content (AvgIpc) is 2.88. The van der Waals surface area contributed by atoms with Crippen LogP contribution in [-0.2, 0) is 4.79 Å². The first-order valence-electron chi connectivity index (χ1n) is 6.99. The summed E-state index contributed by atoms with van der Waals surface area (Å²) >= 11 is 10.8. The Balaban J connectivity index is 1.95. The van der Waals surface area contributed by atoms with Crippen LogP contribution in [0.1, 0.15) is 5.56 Å². The van der Waals surface area contributed by atoms with Crippen LogP contribution in [0.25, 0.3) is 6.08 Å². The van der Waals surface area contributed by atoms with E-state index in [1.165, 1.54) is 18.2 Å². The average molecular weight is 376 g/mol. The van der Waals surface area contributed by atoms with Gasteiger partial charge in [0, 0.05) is 6.07 Å². The van der Waals surface area contributed by atoms with Crippen molar-refractivity contribution < 1.29 is 14.5 Å². The van der Waals surface area contributed by atoms with Gasteiger partial charge in [-0.2, -0.15) is 0 Å². The predicted molar refractivity (Wildman–Crippen MR) is 96.5 cm³/mol. The van der Waals surface area contributed by atoms with E-state index in [0.717, 1.165) is 0 Å². The molecule has 7 nitrogen and oxygen atoms in total. The fourth-order valence-corrected chi connectivity index (χ4v) is 2.53. The van der Waals surface area contributed by atoms with Gasteiger partial charge in [-0.1, -0.05) is 29.8 Å². The molecular formula is C16H10ClN3O4S. The highest BCUT2D eigenvalue weighted by molar-refractivity contribution is 7.80. The number of hydrogen-bond acceptors (Lipinski definition) is 5. The first kappa shape index (κ1) is 16.9. The maximum atomic E-state index is 11.7. The second-order valence-corrected chi connectivity index (χ2v) is 5.80. The van der Waals surface area contributed by atoms with Crippen molar-refractivity contribution in [3.63, 3.8) is 0 Å². The van der Waals surface area contributed by atoms with Crippen molar-refractivity contribution in [2.24, 2.45) is 0 Å². The zero-order valence-electron chi connectivity index (χ0n) is 12.5. The molecule has 2 N–H and O–H groups in total. The van der Waals surface area contributed by atoms with Crippen LogP contribution in [-0.4, -0.2) is 15.9 Å². The number of amides is 1. The number of thiocarbonyl (C=S) groups is 1. The highest BCUT2D eigenvalue weighted by Gasteiger charge is 2.22. The molecule has 0 saturated carbocycles.